The number of nitrogens with zero attached hydrogens (tertiary/aromatic N) is 2. The minimum Gasteiger partial charge on any atom is -0.503 e. The maximum absolute atomic E-state index is 15.3. The van der Waals surface area contributed by atoms with Gasteiger partial charge >= 0.3 is 5.97 Å². The number of aliphatic carboxylic acids is 1. The molecule has 13 heteroatoms. The van der Waals surface area contributed by atoms with Crippen LogP contribution >= 0.6 is 31.9 Å². The zero-order chi connectivity index (χ0) is 35.6. The molecule has 4 amide bonds. The summed E-state index contributed by atoms with van der Waals surface area (Å²) < 4.78 is 6.28. The number of carbonyl (C=O) groups is 5. The van der Waals surface area contributed by atoms with E-state index in [-0.39, 0.29) is 41.8 Å². The molecule has 3 fully saturated rings. The highest BCUT2D eigenvalue weighted by molar-refractivity contribution is 9.13. The van der Waals surface area contributed by atoms with Crippen molar-refractivity contribution in [1.29, 1.82) is 0 Å². The number of rotatable bonds is 8. The Morgan fingerprint density at radius 2 is 1.68 bits per heavy atom. The van der Waals surface area contributed by atoms with Crippen molar-refractivity contribution in [3.63, 3.8) is 0 Å². The second-order valence-corrected chi connectivity index (χ2v) is 14.8. The minimum absolute atomic E-state index is 0.0921. The van der Waals surface area contributed by atoms with Crippen LogP contribution in [0.1, 0.15) is 41.9 Å². The Morgan fingerprint density at radius 3 is 2.34 bits per heavy atom. The molecule has 0 spiro atoms. The van der Waals surface area contributed by atoms with E-state index in [0.717, 1.165) is 15.5 Å². The number of halogens is 2. The van der Waals surface area contributed by atoms with E-state index >= 15 is 4.79 Å². The van der Waals surface area contributed by atoms with E-state index in [4.69, 9.17) is 4.74 Å². The van der Waals surface area contributed by atoms with Gasteiger partial charge in [-0.05, 0) is 86.9 Å². The van der Waals surface area contributed by atoms with Crippen molar-refractivity contribution in [1.82, 2.24) is 9.91 Å². The monoisotopic (exact) mass is 805 g/mol. The van der Waals surface area contributed by atoms with Crippen LogP contribution in [-0.2, 0) is 29.4 Å². The molecule has 7 rings (SSSR count). The second-order valence-electron chi connectivity index (χ2n) is 13.2. The van der Waals surface area contributed by atoms with E-state index in [0.29, 0.717) is 26.9 Å². The molecule has 6 atom stereocenters. The first-order valence-electron chi connectivity index (χ1n) is 16.2. The lowest BCUT2D eigenvalue weighted by Gasteiger charge is -2.51. The van der Waals surface area contributed by atoms with Gasteiger partial charge in [-0.1, -0.05) is 59.7 Å². The number of benzene rings is 3. The summed E-state index contributed by atoms with van der Waals surface area (Å²) in [5.74, 6) is -7.10. The molecule has 3 aromatic carbocycles. The van der Waals surface area contributed by atoms with Gasteiger partial charge in [-0.3, -0.25) is 34.3 Å². The first-order chi connectivity index (χ1) is 23.9. The Kier molecular flexibility index (Phi) is 8.62. The van der Waals surface area contributed by atoms with Crippen LogP contribution in [-0.4, -0.2) is 63.4 Å². The van der Waals surface area contributed by atoms with Gasteiger partial charge in [0.05, 0.1) is 46.9 Å². The van der Waals surface area contributed by atoms with Crippen molar-refractivity contribution in [3.8, 4) is 11.5 Å². The topological polar surface area (TPSA) is 154 Å². The lowest BCUT2D eigenvalue weighted by molar-refractivity contribution is -0.143. The summed E-state index contributed by atoms with van der Waals surface area (Å²) >= 11 is 7.16. The molecule has 0 radical (unpaired) electrons. The molecule has 258 valence electrons. The van der Waals surface area contributed by atoms with Crippen LogP contribution in [0.2, 0.25) is 0 Å². The number of imide groups is 2. The van der Waals surface area contributed by atoms with E-state index in [1.807, 2.05) is 55.5 Å². The molecule has 3 N–H and O–H groups in total. The average molecular weight is 807 g/mol. The number of hydrogen-bond donors (Lipinski definition) is 3. The molecular weight excluding hydrogens is 774 g/mol. The lowest BCUT2D eigenvalue weighted by atomic mass is 9.49. The van der Waals surface area contributed by atoms with E-state index in [9.17, 15) is 29.4 Å². The Labute approximate surface area is 304 Å². The minimum atomic E-state index is -1.52. The number of carboxylic acids is 1. The predicted octanol–water partition coefficient (Wildman–Crippen LogP) is 5.69. The number of hydrazine groups is 1. The third-order valence-corrected chi connectivity index (χ3v) is 12.9. The maximum Gasteiger partial charge on any atom is 0.305 e. The number of aryl methyl sites for hydroxylation is 1. The van der Waals surface area contributed by atoms with Gasteiger partial charge in [-0.2, -0.15) is 5.01 Å². The normalized spacial score (nSPS) is 27.1. The summed E-state index contributed by atoms with van der Waals surface area (Å²) in [5, 5.41) is 21.3. The van der Waals surface area contributed by atoms with Crippen LogP contribution in [0.15, 0.2) is 81.3 Å². The Morgan fingerprint density at radius 1 is 0.980 bits per heavy atom. The van der Waals surface area contributed by atoms with Gasteiger partial charge in [-0.25, -0.2) is 0 Å². The fraction of sp³-hybridized carbons (Fsp3) is 0.324. The number of methoxy groups -OCH3 is 1. The Bertz CT molecular complexity index is 1980. The quantitative estimate of drug-likeness (QED) is 0.193. The van der Waals surface area contributed by atoms with Crippen LogP contribution in [0, 0.1) is 30.6 Å². The van der Waals surface area contributed by atoms with Crippen LogP contribution < -0.4 is 10.2 Å². The van der Waals surface area contributed by atoms with Crippen LogP contribution in [0.4, 0.5) is 5.69 Å². The number of carboxylic acid groups (broad SMARTS) is 1. The Hall–Kier alpha value is -4.49. The lowest BCUT2D eigenvalue weighted by Crippen LogP contribution is -2.53. The largest absolute Gasteiger partial charge is 0.503 e. The highest BCUT2D eigenvalue weighted by atomic mass is 79.9. The summed E-state index contributed by atoms with van der Waals surface area (Å²) in [6.07, 6.45) is 1.81. The average Bonchev–Trinajstić information content (AvgIpc) is 3.48. The van der Waals surface area contributed by atoms with E-state index in [1.165, 1.54) is 7.11 Å². The number of aromatic hydroxyl groups is 1. The summed E-state index contributed by atoms with van der Waals surface area (Å²) in [6, 6.07) is 18.0. The third-order valence-electron chi connectivity index (χ3n) is 10.7. The summed E-state index contributed by atoms with van der Waals surface area (Å²) in [7, 11) is 1.41. The first kappa shape index (κ1) is 34.0. The van der Waals surface area contributed by atoms with Crippen LogP contribution in [0.5, 0.6) is 11.5 Å². The van der Waals surface area contributed by atoms with Crippen LogP contribution in [0.25, 0.3) is 0 Å². The summed E-state index contributed by atoms with van der Waals surface area (Å²) in [4.78, 5) is 70.2. The zero-order valence-electron chi connectivity index (χ0n) is 27.1. The van der Waals surface area contributed by atoms with Gasteiger partial charge in [0.2, 0.25) is 11.8 Å². The molecule has 0 aromatic heterocycles. The van der Waals surface area contributed by atoms with Crippen LogP contribution in [0.3, 0.4) is 0 Å². The highest BCUT2D eigenvalue weighted by Gasteiger charge is 2.70. The van der Waals surface area contributed by atoms with Crippen molar-refractivity contribution in [2.45, 2.75) is 37.5 Å². The number of phenols is 1. The van der Waals surface area contributed by atoms with Gasteiger partial charge in [-0.15, -0.1) is 0 Å². The molecule has 3 aromatic rings. The standard InChI is InChI=1S/C37H33Br2N3O8/c1-18-8-10-20(11-9-18)40-42-34(47)25-16-23-21(12-13-22-28(23)35(48)41(33(22)46)15-14-27(43)44)29(24-17-26(50-2)32(45)31(39)30(24)38)37(25,36(42)49)19-6-4-3-5-7-19/h3-12,17,22-23,25,28-29,40,45H,13-16H2,1-2H3,(H,43,44). The Balaban J connectivity index is 1.47. The molecule has 1 saturated carbocycles. The van der Waals surface area contributed by atoms with Gasteiger partial charge < -0.3 is 14.9 Å². The smallest absolute Gasteiger partial charge is 0.305 e. The molecule has 2 aliphatic carbocycles. The number of ether oxygens (including phenoxy) is 1. The summed E-state index contributed by atoms with van der Waals surface area (Å²) in [6.45, 7) is 1.68. The first-order valence-corrected chi connectivity index (χ1v) is 17.8. The number of phenolic OH excluding ortho intramolecular Hbond substituents is 1. The SMILES string of the molecule is COc1cc(C2C3=CCC4C(=O)N(CCC(=O)O)C(=O)C4C3CC3C(=O)N(Nc4ccc(C)cc4)C(=O)C32c2ccccc2)c(Br)c(Br)c1O. The van der Waals surface area contributed by atoms with Crippen molar-refractivity contribution in [2.75, 3.05) is 19.1 Å². The number of likely N-dealkylation sites (tertiary alicyclic amines) is 1. The number of anilines is 1. The predicted molar refractivity (Wildman–Crippen MR) is 188 cm³/mol. The molecule has 11 nitrogen and oxygen atoms in total. The number of allylic oxidation sites excluding steroid dienone is 2. The number of amides is 4. The molecule has 6 unspecified atom stereocenters. The van der Waals surface area contributed by atoms with Gasteiger partial charge in [0, 0.05) is 16.9 Å². The van der Waals surface area contributed by atoms with Gasteiger partial charge in [0.15, 0.2) is 11.5 Å². The van der Waals surface area contributed by atoms with Crippen molar-refractivity contribution >= 4 is 67.1 Å². The molecule has 2 saturated heterocycles. The molecule has 0 bridgehead atoms. The van der Waals surface area contributed by atoms with E-state index in [2.05, 4.69) is 37.3 Å². The highest BCUT2D eigenvalue weighted by Crippen LogP contribution is 2.65. The van der Waals surface area contributed by atoms with Gasteiger partial charge in [0.25, 0.3) is 11.8 Å². The third kappa shape index (κ3) is 4.99. The maximum atomic E-state index is 15.3. The number of carbonyl (C=O) groups excluding carboxylic acids is 4. The summed E-state index contributed by atoms with van der Waals surface area (Å²) in [5.41, 5.74) is 4.92. The van der Waals surface area contributed by atoms with Crippen molar-refractivity contribution in [2.24, 2.45) is 23.7 Å². The number of fused-ring (bicyclic) bond motifs is 4. The molecule has 2 heterocycles. The fourth-order valence-corrected chi connectivity index (χ4v) is 9.52. The molecular formula is C37H33Br2N3O8. The van der Waals surface area contributed by atoms with Crippen molar-refractivity contribution in [3.05, 3.63) is 97.9 Å². The second kappa shape index (κ2) is 12.7. The number of hydrogen-bond acceptors (Lipinski definition) is 8. The zero-order valence-corrected chi connectivity index (χ0v) is 30.2. The number of nitrogens with one attached hydrogen (secondary N) is 1. The molecule has 4 aliphatic rings. The van der Waals surface area contributed by atoms with E-state index in [1.54, 1.807) is 18.2 Å². The fourth-order valence-electron chi connectivity index (χ4n) is 8.56. The molecule has 50 heavy (non-hydrogen) atoms. The van der Waals surface area contributed by atoms with Crippen molar-refractivity contribution < 1.29 is 38.9 Å². The van der Waals surface area contributed by atoms with E-state index < -0.39 is 64.6 Å². The van der Waals surface area contributed by atoms with Gasteiger partial charge in [0.1, 0.15) is 0 Å². The molecule has 2 aliphatic heterocycles.